The van der Waals surface area contributed by atoms with Crippen LogP contribution >= 0.6 is 0 Å². The molecule has 16 heavy (non-hydrogen) atoms. The Morgan fingerprint density at radius 3 is 3.00 bits per heavy atom. The van der Waals surface area contributed by atoms with Gasteiger partial charge in [0.1, 0.15) is 0 Å². The highest BCUT2D eigenvalue weighted by Crippen LogP contribution is 2.28. The van der Waals surface area contributed by atoms with Crippen LogP contribution in [0.3, 0.4) is 0 Å². The summed E-state index contributed by atoms with van der Waals surface area (Å²) >= 11 is 0. The predicted octanol–water partition coefficient (Wildman–Crippen LogP) is 1.50. The Labute approximate surface area is 96.7 Å². The first-order valence-electron chi connectivity index (χ1n) is 6.10. The lowest BCUT2D eigenvalue weighted by atomic mass is 9.92. The van der Waals surface area contributed by atoms with Crippen LogP contribution < -0.4 is 5.32 Å². The molecular weight excluding hydrogens is 202 g/mol. The number of aliphatic hydroxyl groups is 1. The molecule has 1 fully saturated rings. The first kappa shape index (κ1) is 11.6. The molecular formula is C12H21N3O. The lowest BCUT2D eigenvalue weighted by molar-refractivity contribution is 0.0840. The maximum Gasteiger partial charge on any atom is 0.0996 e. The zero-order chi connectivity index (χ0) is 11.5. The van der Waals surface area contributed by atoms with E-state index in [4.69, 9.17) is 0 Å². The van der Waals surface area contributed by atoms with E-state index in [-0.39, 0.29) is 0 Å². The van der Waals surface area contributed by atoms with Crippen molar-refractivity contribution in [3.63, 3.8) is 0 Å². The summed E-state index contributed by atoms with van der Waals surface area (Å²) in [5, 5.41) is 13.7. The van der Waals surface area contributed by atoms with Crippen LogP contribution in [0.2, 0.25) is 0 Å². The van der Waals surface area contributed by atoms with Crippen LogP contribution in [0.4, 0.5) is 0 Å². The Morgan fingerprint density at radius 1 is 1.56 bits per heavy atom. The van der Waals surface area contributed by atoms with Crippen LogP contribution in [0.15, 0.2) is 12.5 Å². The van der Waals surface area contributed by atoms with Gasteiger partial charge in [-0.3, -0.25) is 0 Å². The molecule has 0 radical (unpaired) electrons. The van der Waals surface area contributed by atoms with Gasteiger partial charge in [0.05, 0.1) is 24.3 Å². The van der Waals surface area contributed by atoms with E-state index < -0.39 is 6.10 Å². The van der Waals surface area contributed by atoms with Crippen molar-refractivity contribution < 1.29 is 5.11 Å². The lowest BCUT2D eigenvalue weighted by Crippen LogP contribution is -2.34. The third kappa shape index (κ3) is 2.28. The van der Waals surface area contributed by atoms with Crippen molar-refractivity contribution in [2.75, 3.05) is 13.1 Å². The van der Waals surface area contributed by atoms with Crippen molar-refractivity contribution in [2.45, 2.75) is 38.8 Å². The normalized spacial score (nSPS) is 23.6. The van der Waals surface area contributed by atoms with Crippen LogP contribution in [0.5, 0.6) is 0 Å². The minimum atomic E-state index is -0.391. The Morgan fingerprint density at radius 2 is 2.38 bits per heavy atom. The van der Waals surface area contributed by atoms with Crippen molar-refractivity contribution >= 4 is 0 Å². The number of hydrogen-bond donors (Lipinski definition) is 2. The number of piperidine rings is 1. The maximum atomic E-state index is 10.4. The second-order valence-corrected chi connectivity index (χ2v) is 4.87. The summed E-state index contributed by atoms with van der Waals surface area (Å²) in [6.45, 7) is 6.20. The zero-order valence-corrected chi connectivity index (χ0v) is 10.1. The first-order valence-corrected chi connectivity index (χ1v) is 6.10. The molecule has 1 saturated heterocycles. The molecule has 2 heterocycles. The fourth-order valence-electron chi connectivity index (χ4n) is 2.37. The third-order valence-corrected chi connectivity index (χ3v) is 3.34. The van der Waals surface area contributed by atoms with Gasteiger partial charge in [0.15, 0.2) is 0 Å². The topological polar surface area (TPSA) is 50.1 Å². The quantitative estimate of drug-likeness (QED) is 0.816. The molecule has 2 rings (SSSR count). The summed E-state index contributed by atoms with van der Waals surface area (Å²) in [5.74, 6) is 0.322. The van der Waals surface area contributed by atoms with E-state index in [1.165, 1.54) is 0 Å². The molecule has 1 aliphatic rings. The largest absolute Gasteiger partial charge is 0.386 e. The Bertz CT molecular complexity index is 329. The lowest BCUT2D eigenvalue weighted by Gasteiger charge is -2.28. The minimum Gasteiger partial charge on any atom is -0.386 e. The molecule has 4 nitrogen and oxygen atoms in total. The highest BCUT2D eigenvalue weighted by Gasteiger charge is 2.25. The summed E-state index contributed by atoms with van der Waals surface area (Å²) in [6, 6.07) is 0.351. The monoisotopic (exact) mass is 223 g/mol. The number of aromatic nitrogens is 2. The van der Waals surface area contributed by atoms with E-state index >= 15 is 0 Å². The van der Waals surface area contributed by atoms with E-state index in [2.05, 4.69) is 28.7 Å². The number of rotatable bonds is 3. The molecule has 1 aromatic rings. The van der Waals surface area contributed by atoms with E-state index in [9.17, 15) is 5.11 Å². The molecule has 4 heteroatoms. The molecule has 1 aliphatic heterocycles. The van der Waals surface area contributed by atoms with Gasteiger partial charge in [-0.15, -0.1) is 0 Å². The second-order valence-electron chi connectivity index (χ2n) is 4.87. The van der Waals surface area contributed by atoms with Crippen LogP contribution in [-0.2, 0) is 0 Å². The molecule has 2 unspecified atom stereocenters. The van der Waals surface area contributed by atoms with Crippen molar-refractivity contribution in [3.05, 3.63) is 18.2 Å². The van der Waals surface area contributed by atoms with Crippen molar-refractivity contribution in [2.24, 2.45) is 5.92 Å². The van der Waals surface area contributed by atoms with Crippen molar-refractivity contribution in [3.8, 4) is 0 Å². The highest BCUT2D eigenvalue weighted by atomic mass is 16.3. The summed E-state index contributed by atoms with van der Waals surface area (Å²) in [7, 11) is 0. The van der Waals surface area contributed by atoms with Gasteiger partial charge in [0.25, 0.3) is 0 Å². The van der Waals surface area contributed by atoms with E-state index in [0.717, 1.165) is 31.6 Å². The minimum absolute atomic E-state index is 0.322. The molecule has 0 saturated carbocycles. The summed E-state index contributed by atoms with van der Waals surface area (Å²) in [4.78, 5) is 4.14. The van der Waals surface area contributed by atoms with Crippen LogP contribution in [0, 0.1) is 5.92 Å². The first-order chi connectivity index (χ1) is 7.70. The molecule has 90 valence electrons. The van der Waals surface area contributed by atoms with E-state index in [0.29, 0.717) is 12.0 Å². The van der Waals surface area contributed by atoms with Crippen molar-refractivity contribution in [1.82, 2.24) is 14.9 Å². The molecule has 0 aliphatic carbocycles. The highest BCUT2D eigenvalue weighted by molar-refractivity contribution is 5.06. The Balaban J connectivity index is 2.12. The van der Waals surface area contributed by atoms with E-state index in [1.54, 1.807) is 12.5 Å². The summed E-state index contributed by atoms with van der Waals surface area (Å²) in [5.41, 5.74) is 0.948. The average molecular weight is 223 g/mol. The van der Waals surface area contributed by atoms with Gasteiger partial charge in [0, 0.05) is 18.5 Å². The number of aliphatic hydroxyl groups excluding tert-OH is 1. The number of nitrogens with one attached hydrogen (secondary N) is 1. The van der Waals surface area contributed by atoms with Crippen LogP contribution in [0.1, 0.15) is 44.5 Å². The van der Waals surface area contributed by atoms with Crippen LogP contribution in [-0.4, -0.2) is 27.7 Å². The molecule has 0 bridgehead atoms. The SMILES string of the molecule is CC(C)n1cncc1C(O)C1CCCNC1. The molecule has 0 amide bonds. The predicted molar refractivity (Wildman–Crippen MR) is 63.2 cm³/mol. The van der Waals surface area contributed by atoms with Gasteiger partial charge in [-0.25, -0.2) is 4.98 Å². The number of nitrogens with zero attached hydrogens (tertiary/aromatic N) is 2. The molecule has 0 aromatic carbocycles. The zero-order valence-electron chi connectivity index (χ0n) is 10.1. The maximum absolute atomic E-state index is 10.4. The van der Waals surface area contributed by atoms with Gasteiger partial charge in [-0.05, 0) is 33.2 Å². The summed E-state index contributed by atoms with van der Waals surface area (Å²) in [6.07, 6.45) is 5.45. The van der Waals surface area contributed by atoms with Crippen molar-refractivity contribution in [1.29, 1.82) is 0 Å². The molecule has 0 spiro atoms. The van der Waals surface area contributed by atoms with Crippen LogP contribution in [0.25, 0.3) is 0 Å². The molecule has 1 aromatic heterocycles. The molecule has 2 atom stereocenters. The van der Waals surface area contributed by atoms with Gasteiger partial charge in [0.2, 0.25) is 0 Å². The Kier molecular flexibility index (Phi) is 3.61. The molecule has 2 N–H and O–H groups in total. The van der Waals surface area contributed by atoms with Gasteiger partial charge >= 0.3 is 0 Å². The number of imidazole rings is 1. The number of hydrogen-bond acceptors (Lipinski definition) is 3. The van der Waals surface area contributed by atoms with Gasteiger partial charge < -0.3 is 15.0 Å². The second kappa shape index (κ2) is 4.97. The fraction of sp³-hybridized carbons (Fsp3) is 0.750. The Hall–Kier alpha value is -0.870. The smallest absolute Gasteiger partial charge is 0.0996 e. The van der Waals surface area contributed by atoms with E-state index in [1.807, 2.05) is 0 Å². The standard InChI is InChI=1S/C12H21N3O/c1-9(2)15-8-14-7-11(15)12(16)10-4-3-5-13-6-10/h7-10,12-13,16H,3-6H2,1-2H3. The van der Waals surface area contributed by atoms with Gasteiger partial charge in [-0.1, -0.05) is 0 Å². The summed E-state index contributed by atoms with van der Waals surface area (Å²) < 4.78 is 2.05. The third-order valence-electron chi connectivity index (χ3n) is 3.34. The fourth-order valence-corrected chi connectivity index (χ4v) is 2.37. The average Bonchev–Trinajstić information content (AvgIpc) is 2.78. The van der Waals surface area contributed by atoms with Gasteiger partial charge in [-0.2, -0.15) is 0 Å².